The number of amides is 1. The normalized spacial score (nSPS) is 17.4. The number of carbonyl (C=O) groups excluding carboxylic acids is 2. The lowest BCUT2D eigenvalue weighted by Gasteiger charge is -2.26. The van der Waals surface area contributed by atoms with Crippen LogP contribution in [0.1, 0.15) is 60.6 Å². The van der Waals surface area contributed by atoms with Gasteiger partial charge in [0.2, 0.25) is 5.91 Å². The van der Waals surface area contributed by atoms with E-state index < -0.39 is 12.1 Å². The maximum Gasteiger partial charge on any atom is 0.220 e. The maximum absolute atomic E-state index is 12.8. The van der Waals surface area contributed by atoms with Crippen LogP contribution in [0.4, 0.5) is 0 Å². The summed E-state index contributed by atoms with van der Waals surface area (Å²) >= 11 is 0. The van der Waals surface area contributed by atoms with E-state index in [4.69, 9.17) is 14.2 Å². The summed E-state index contributed by atoms with van der Waals surface area (Å²) in [6, 6.07) is 12.6. The Labute approximate surface area is 224 Å². The van der Waals surface area contributed by atoms with E-state index in [0.717, 1.165) is 38.1 Å². The van der Waals surface area contributed by atoms with Crippen LogP contribution in [0, 0.1) is 0 Å². The number of aliphatic hydroxyl groups excluding tert-OH is 1. The van der Waals surface area contributed by atoms with E-state index in [0.29, 0.717) is 67.7 Å². The second-order valence-electron chi connectivity index (χ2n) is 9.83. The minimum absolute atomic E-state index is 0.0900. The largest absolute Gasteiger partial charge is 0.497 e. The van der Waals surface area contributed by atoms with Gasteiger partial charge in [0.25, 0.3) is 0 Å². The number of methoxy groups -OCH3 is 1. The Bertz CT molecular complexity index is 1060. The molecule has 1 saturated heterocycles. The third-order valence-corrected chi connectivity index (χ3v) is 6.88. The molecule has 0 bridgehead atoms. The molecule has 2 aromatic rings. The molecule has 206 valence electrons. The number of hydrogen-bond donors (Lipinski definition) is 4. The zero-order valence-corrected chi connectivity index (χ0v) is 22.0. The van der Waals surface area contributed by atoms with Crippen molar-refractivity contribution in [3.05, 3.63) is 53.6 Å². The highest BCUT2D eigenvalue weighted by molar-refractivity contribution is 5.96. The van der Waals surface area contributed by atoms with Crippen LogP contribution in [0.25, 0.3) is 0 Å². The number of carbonyl (C=O) groups is 2. The van der Waals surface area contributed by atoms with Crippen molar-refractivity contribution >= 4 is 11.7 Å². The van der Waals surface area contributed by atoms with Crippen LogP contribution in [0.3, 0.4) is 0 Å². The number of Topliss-reactive ketones (excluding diaryl/α,β-unsaturated/α-hetero) is 1. The lowest BCUT2D eigenvalue weighted by molar-refractivity contribution is -0.122. The minimum atomic E-state index is -0.900. The van der Waals surface area contributed by atoms with Crippen molar-refractivity contribution in [3.8, 4) is 17.2 Å². The zero-order chi connectivity index (χ0) is 26.7. The first-order valence-electron chi connectivity index (χ1n) is 13.5. The summed E-state index contributed by atoms with van der Waals surface area (Å²) in [5.41, 5.74) is 1.34. The number of nitrogens with one attached hydrogen (secondary N) is 3. The van der Waals surface area contributed by atoms with Gasteiger partial charge in [-0.05, 0) is 67.8 Å². The first-order valence-corrected chi connectivity index (χ1v) is 13.5. The molecule has 0 radical (unpaired) electrons. The minimum Gasteiger partial charge on any atom is -0.497 e. The molecule has 0 aliphatic carbocycles. The summed E-state index contributed by atoms with van der Waals surface area (Å²) < 4.78 is 16.4. The van der Waals surface area contributed by atoms with Crippen LogP contribution in [0.2, 0.25) is 0 Å². The number of rotatable bonds is 16. The third kappa shape index (κ3) is 8.44. The van der Waals surface area contributed by atoms with E-state index in [-0.39, 0.29) is 11.7 Å². The number of fused-ring (bicyclic) bond motifs is 1. The third-order valence-electron chi connectivity index (χ3n) is 6.88. The molecule has 9 heteroatoms. The van der Waals surface area contributed by atoms with Gasteiger partial charge in [-0.2, -0.15) is 0 Å². The van der Waals surface area contributed by atoms with Crippen LogP contribution < -0.4 is 30.2 Å². The lowest BCUT2D eigenvalue weighted by atomic mass is 10.0. The average Bonchev–Trinajstić information content (AvgIpc) is 3.78. The van der Waals surface area contributed by atoms with Gasteiger partial charge in [0.05, 0.1) is 13.2 Å². The summed E-state index contributed by atoms with van der Waals surface area (Å²) in [5, 5.41) is 20.8. The van der Waals surface area contributed by atoms with Crippen LogP contribution in [0.15, 0.2) is 42.5 Å². The number of unbranched alkanes of at least 4 members (excludes halogenated alkanes) is 2. The second-order valence-corrected chi connectivity index (χ2v) is 9.83. The smallest absolute Gasteiger partial charge is 0.220 e. The number of aliphatic hydroxyl groups is 1. The number of benzene rings is 2. The fourth-order valence-electron chi connectivity index (χ4n) is 4.49. The molecule has 4 rings (SSSR count). The molecule has 0 spiro atoms. The molecule has 1 amide bonds. The van der Waals surface area contributed by atoms with Crippen molar-refractivity contribution in [3.63, 3.8) is 0 Å². The van der Waals surface area contributed by atoms with Crippen LogP contribution in [-0.4, -0.2) is 68.8 Å². The highest BCUT2D eigenvalue weighted by Gasteiger charge is 2.25. The summed E-state index contributed by atoms with van der Waals surface area (Å²) in [4.78, 5) is 25.2. The van der Waals surface area contributed by atoms with E-state index in [9.17, 15) is 14.7 Å². The molecular formula is C29H39N3O6. The molecule has 4 N–H and O–H groups in total. The standard InChI is InChI=1S/C29H39N3O6/c1-36-23-10-7-20(8-11-23)25(33)5-3-2-4-6-28(34)32-24(19-30-14-13-22-18-31-22)29(35)21-9-12-26-27(17-21)38-16-15-37-26/h7-12,17,22,24,29-31,35H,2-6,13-16,18-19H2,1H3,(H,32,34)/t22?,24-,29?/m1/s1. The van der Waals surface area contributed by atoms with Gasteiger partial charge in [-0.25, -0.2) is 0 Å². The molecule has 9 nitrogen and oxygen atoms in total. The van der Waals surface area contributed by atoms with Gasteiger partial charge in [-0.3, -0.25) is 9.59 Å². The Hall–Kier alpha value is -3.14. The maximum atomic E-state index is 12.8. The van der Waals surface area contributed by atoms with Crippen molar-refractivity contribution < 1.29 is 28.9 Å². The summed E-state index contributed by atoms with van der Waals surface area (Å²) in [6.45, 7) is 3.27. The first-order chi connectivity index (χ1) is 18.5. The van der Waals surface area contributed by atoms with E-state index >= 15 is 0 Å². The van der Waals surface area contributed by atoms with Gasteiger partial charge in [0, 0.05) is 37.5 Å². The molecular weight excluding hydrogens is 486 g/mol. The van der Waals surface area contributed by atoms with Crippen LogP contribution >= 0.6 is 0 Å². The molecule has 0 saturated carbocycles. The molecule has 2 unspecified atom stereocenters. The predicted molar refractivity (Wildman–Crippen MR) is 144 cm³/mol. The van der Waals surface area contributed by atoms with Crippen LogP contribution in [0.5, 0.6) is 17.2 Å². The van der Waals surface area contributed by atoms with Crippen molar-refractivity contribution in [2.24, 2.45) is 0 Å². The zero-order valence-electron chi connectivity index (χ0n) is 22.0. The number of hydrogen-bond acceptors (Lipinski definition) is 8. The van der Waals surface area contributed by atoms with E-state index in [1.165, 1.54) is 0 Å². The topological polar surface area (TPSA) is 128 Å². The highest BCUT2D eigenvalue weighted by Crippen LogP contribution is 2.33. The molecule has 0 aromatic heterocycles. The summed E-state index contributed by atoms with van der Waals surface area (Å²) in [5.74, 6) is 1.97. The molecule has 2 aliphatic rings. The van der Waals surface area contributed by atoms with Gasteiger partial charge in [0.1, 0.15) is 25.1 Å². The predicted octanol–water partition coefficient (Wildman–Crippen LogP) is 2.77. The Kier molecular flexibility index (Phi) is 10.4. The molecule has 2 heterocycles. The number of ether oxygens (including phenoxy) is 3. The van der Waals surface area contributed by atoms with Crippen molar-refractivity contribution in [1.82, 2.24) is 16.0 Å². The Morgan fingerprint density at radius 2 is 1.79 bits per heavy atom. The molecule has 1 fully saturated rings. The fourth-order valence-corrected chi connectivity index (χ4v) is 4.49. The summed E-state index contributed by atoms with van der Waals surface area (Å²) in [7, 11) is 1.59. The van der Waals surface area contributed by atoms with Crippen molar-refractivity contribution in [2.45, 2.75) is 56.7 Å². The van der Waals surface area contributed by atoms with Gasteiger partial charge in [-0.1, -0.05) is 12.5 Å². The van der Waals surface area contributed by atoms with Gasteiger partial charge in [-0.15, -0.1) is 0 Å². The van der Waals surface area contributed by atoms with Gasteiger partial charge >= 0.3 is 0 Å². The van der Waals surface area contributed by atoms with Crippen molar-refractivity contribution in [1.29, 1.82) is 0 Å². The highest BCUT2D eigenvalue weighted by atomic mass is 16.6. The SMILES string of the molecule is COc1ccc(C(=O)CCCCCC(=O)N[C@H](CNCCC2CN2)C(O)c2ccc3c(c2)OCCO3)cc1. The summed E-state index contributed by atoms with van der Waals surface area (Å²) in [6.07, 6.45) is 3.07. The number of ketones is 1. The van der Waals surface area contributed by atoms with E-state index in [1.54, 1.807) is 43.5 Å². The second kappa shape index (κ2) is 14.1. The molecule has 2 aromatic carbocycles. The fraction of sp³-hybridized carbons (Fsp3) is 0.517. The van der Waals surface area contributed by atoms with E-state index in [2.05, 4.69) is 16.0 Å². The first kappa shape index (κ1) is 27.9. The van der Waals surface area contributed by atoms with Crippen molar-refractivity contribution in [2.75, 3.05) is 40.0 Å². The van der Waals surface area contributed by atoms with Crippen LogP contribution in [-0.2, 0) is 4.79 Å². The Morgan fingerprint density at radius 1 is 1.05 bits per heavy atom. The quantitative estimate of drug-likeness (QED) is 0.150. The Morgan fingerprint density at radius 3 is 2.53 bits per heavy atom. The van der Waals surface area contributed by atoms with E-state index in [1.807, 2.05) is 6.07 Å². The monoisotopic (exact) mass is 525 g/mol. The Balaban J connectivity index is 1.23. The van der Waals surface area contributed by atoms with Gasteiger partial charge < -0.3 is 35.3 Å². The molecule has 38 heavy (non-hydrogen) atoms. The average molecular weight is 526 g/mol. The lowest BCUT2D eigenvalue weighted by Crippen LogP contribution is -2.46. The molecule has 2 aliphatic heterocycles. The van der Waals surface area contributed by atoms with Gasteiger partial charge in [0.15, 0.2) is 17.3 Å². The molecule has 3 atom stereocenters.